The van der Waals surface area contributed by atoms with Crippen molar-refractivity contribution in [3.05, 3.63) is 29.3 Å². The van der Waals surface area contributed by atoms with Crippen molar-refractivity contribution in [1.29, 1.82) is 0 Å². The van der Waals surface area contributed by atoms with E-state index in [1.54, 1.807) is 24.3 Å². The molecule has 0 aliphatic carbocycles. The minimum Gasteiger partial charge on any atom is -0.369 e. The van der Waals surface area contributed by atoms with E-state index in [1.807, 2.05) is 0 Å². The molecule has 0 bridgehead atoms. The van der Waals surface area contributed by atoms with E-state index in [1.165, 1.54) is 6.92 Å². The van der Waals surface area contributed by atoms with E-state index >= 15 is 0 Å². The number of halogens is 1. The molecule has 0 fully saturated rings. The van der Waals surface area contributed by atoms with Gasteiger partial charge in [-0.2, -0.15) is 11.0 Å². The Kier molecular flexibility index (Phi) is 4.08. The highest BCUT2D eigenvalue weighted by Crippen LogP contribution is 2.13. The van der Waals surface area contributed by atoms with Crippen LogP contribution in [0.3, 0.4) is 0 Å². The summed E-state index contributed by atoms with van der Waals surface area (Å²) in [6, 6.07) is 6.87. The minimum absolute atomic E-state index is 0.132. The number of rotatable bonds is 3. The van der Waals surface area contributed by atoms with Gasteiger partial charge in [0.15, 0.2) is 0 Å². The fourth-order valence-corrected chi connectivity index (χ4v) is 0.930. The SMILES string of the molecule is CC(=NNc1ccc(Cl)cc1)C(=O)ON. The summed E-state index contributed by atoms with van der Waals surface area (Å²) in [5.74, 6) is 4.00. The van der Waals surface area contributed by atoms with Gasteiger partial charge in [0.05, 0.1) is 5.69 Å². The average Bonchev–Trinajstić information content (AvgIpc) is 2.26. The lowest BCUT2D eigenvalue weighted by Gasteiger charge is -2.01. The zero-order chi connectivity index (χ0) is 11.3. The second kappa shape index (κ2) is 5.33. The molecular weight excluding hydrogens is 218 g/mol. The number of nitrogens with two attached hydrogens (primary N) is 1. The van der Waals surface area contributed by atoms with E-state index in [-0.39, 0.29) is 5.71 Å². The van der Waals surface area contributed by atoms with Gasteiger partial charge < -0.3 is 4.84 Å². The molecule has 0 spiro atoms. The quantitative estimate of drug-likeness (QED) is 0.607. The first-order valence-electron chi connectivity index (χ1n) is 4.10. The molecule has 1 aromatic rings. The zero-order valence-electron chi connectivity index (χ0n) is 8.03. The average molecular weight is 228 g/mol. The molecule has 0 atom stereocenters. The fourth-order valence-electron chi connectivity index (χ4n) is 0.804. The largest absolute Gasteiger partial charge is 0.372 e. The van der Waals surface area contributed by atoms with Gasteiger partial charge in [-0.1, -0.05) is 11.6 Å². The minimum atomic E-state index is -0.684. The molecule has 3 N–H and O–H groups in total. The van der Waals surface area contributed by atoms with Crippen molar-refractivity contribution in [2.45, 2.75) is 6.92 Å². The number of hydrazone groups is 1. The van der Waals surface area contributed by atoms with Crippen LogP contribution in [0.4, 0.5) is 5.69 Å². The number of carbonyl (C=O) groups is 1. The maximum Gasteiger partial charge on any atom is 0.372 e. The van der Waals surface area contributed by atoms with Crippen LogP contribution in [-0.2, 0) is 9.63 Å². The molecule has 0 saturated heterocycles. The predicted molar refractivity (Wildman–Crippen MR) is 58.5 cm³/mol. The third kappa shape index (κ3) is 3.57. The lowest BCUT2D eigenvalue weighted by molar-refractivity contribution is -0.136. The van der Waals surface area contributed by atoms with E-state index in [0.29, 0.717) is 10.7 Å². The Morgan fingerprint density at radius 1 is 1.47 bits per heavy atom. The molecule has 0 amide bonds. The van der Waals surface area contributed by atoms with Crippen LogP contribution < -0.4 is 11.3 Å². The molecule has 6 heteroatoms. The van der Waals surface area contributed by atoms with Crippen LogP contribution in [-0.4, -0.2) is 11.7 Å². The summed E-state index contributed by atoms with van der Waals surface area (Å²) in [4.78, 5) is 14.8. The molecule has 0 saturated carbocycles. The highest BCUT2D eigenvalue weighted by molar-refractivity contribution is 6.35. The standard InChI is InChI=1S/C9H10ClN3O2/c1-6(9(14)15-11)12-13-8-4-2-7(10)3-5-8/h2-5,13H,11H2,1H3. The van der Waals surface area contributed by atoms with Crippen molar-refractivity contribution in [2.24, 2.45) is 11.0 Å². The molecule has 1 aromatic carbocycles. The molecule has 0 aliphatic rings. The summed E-state index contributed by atoms with van der Waals surface area (Å²) in [7, 11) is 0. The van der Waals surface area contributed by atoms with Crippen LogP contribution in [0.5, 0.6) is 0 Å². The topological polar surface area (TPSA) is 76.7 Å². The van der Waals surface area contributed by atoms with Gasteiger partial charge in [-0.15, -0.1) is 0 Å². The van der Waals surface area contributed by atoms with Crippen LogP contribution in [0.15, 0.2) is 29.4 Å². The third-order valence-electron chi connectivity index (χ3n) is 1.60. The van der Waals surface area contributed by atoms with Crippen molar-refractivity contribution in [2.75, 3.05) is 5.43 Å². The monoisotopic (exact) mass is 227 g/mol. The summed E-state index contributed by atoms with van der Waals surface area (Å²) in [6.07, 6.45) is 0. The Morgan fingerprint density at radius 3 is 2.60 bits per heavy atom. The molecule has 0 aromatic heterocycles. The van der Waals surface area contributed by atoms with Gasteiger partial charge in [-0.05, 0) is 31.2 Å². The first-order chi connectivity index (χ1) is 7.13. The summed E-state index contributed by atoms with van der Waals surface area (Å²) in [6.45, 7) is 1.48. The molecule has 0 aliphatic heterocycles. The van der Waals surface area contributed by atoms with E-state index < -0.39 is 5.97 Å². The second-order valence-corrected chi connectivity index (χ2v) is 3.16. The molecule has 80 valence electrons. The van der Waals surface area contributed by atoms with E-state index in [9.17, 15) is 4.79 Å². The van der Waals surface area contributed by atoms with Gasteiger partial charge in [-0.3, -0.25) is 5.43 Å². The second-order valence-electron chi connectivity index (χ2n) is 2.72. The van der Waals surface area contributed by atoms with Crippen molar-refractivity contribution >= 4 is 29.0 Å². The maximum absolute atomic E-state index is 10.8. The predicted octanol–water partition coefficient (Wildman–Crippen LogP) is 1.54. The maximum atomic E-state index is 10.8. The van der Waals surface area contributed by atoms with Crippen LogP contribution in [0.25, 0.3) is 0 Å². The first-order valence-corrected chi connectivity index (χ1v) is 4.48. The Labute approximate surface area is 91.8 Å². The number of nitrogens with one attached hydrogen (secondary N) is 1. The van der Waals surface area contributed by atoms with E-state index in [4.69, 9.17) is 11.6 Å². The first kappa shape index (κ1) is 11.5. The van der Waals surface area contributed by atoms with E-state index in [0.717, 1.165) is 0 Å². The summed E-state index contributed by atoms with van der Waals surface area (Å²) in [5, 5.41) is 4.39. The Balaban J connectivity index is 2.63. The lowest BCUT2D eigenvalue weighted by Crippen LogP contribution is -2.19. The van der Waals surface area contributed by atoms with Crippen LogP contribution in [0, 0.1) is 0 Å². The van der Waals surface area contributed by atoms with Crippen molar-refractivity contribution in [3.63, 3.8) is 0 Å². The number of hydrogen-bond acceptors (Lipinski definition) is 5. The number of anilines is 1. The third-order valence-corrected chi connectivity index (χ3v) is 1.85. The van der Waals surface area contributed by atoms with Gasteiger partial charge in [0, 0.05) is 5.02 Å². The zero-order valence-corrected chi connectivity index (χ0v) is 8.78. The number of nitrogens with zero attached hydrogens (tertiary/aromatic N) is 1. The van der Waals surface area contributed by atoms with Crippen molar-refractivity contribution < 1.29 is 9.63 Å². The van der Waals surface area contributed by atoms with Gasteiger partial charge in [0.25, 0.3) is 0 Å². The summed E-state index contributed by atoms with van der Waals surface area (Å²) < 4.78 is 0. The Hall–Kier alpha value is -1.59. The Morgan fingerprint density at radius 2 is 2.07 bits per heavy atom. The van der Waals surface area contributed by atoms with Crippen LogP contribution in [0.2, 0.25) is 5.02 Å². The highest BCUT2D eigenvalue weighted by atomic mass is 35.5. The lowest BCUT2D eigenvalue weighted by atomic mass is 10.3. The number of carbonyl (C=O) groups excluding carboxylic acids is 1. The summed E-state index contributed by atoms with van der Waals surface area (Å²) >= 11 is 5.69. The van der Waals surface area contributed by atoms with Gasteiger partial charge in [0.1, 0.15) is 5.71 Å². The van der Waals surface area contributed by atoms with Crippen LogP contribution in [0.1, 0.15) is 6.92 Å². The molecule has 0 heterocycles. The van der Waals surface area contributed by atoms with E-state index in [2.05, 4.69) is 21.3 Å². The highest BCUT2D eigenvalue weighted by Gasteiger charge is 2.04. The number of benzene rings is 1. The molecule has 0 unspecified atom stereocenters. The van der Waals surface area contributed by atoms with Gasteiger partial charge in [0.2, 0.25) is 0 Å². The summed E-state index contributed by atoms with van der Waals surface area (Å²) in [5.41, 5.74) is 3.50. The number of hydrogen-bond donors (Lipinski definition) is 2. The normalized spacial score (nSPS) is 11.0. The molecular formula is C9H10ClN3O2. The van der Waals surface area contributed by atoms with Crippen molar-refractivity contribution in [3.8, 4) is 0 Å². The molecule has 5 nitrogen and oxygen atoms in total. The smallest absolute Gasteiger partial charge is 0.369 e. The van der Waals surface area contributed by atoms with Gasteiger partial charge >= 0.3 is 5.97 Å². The molecule has 15 heavy (non-hydrogen) atoms. The van der Waals surface area contributed by atoms with Crippen molar-refractivity contribution in [1.82, 2.24) is 0 Å². The molecule has 1 rings (SSSR count). The fraction of sp³-hybridized carbons (Fsp3) is 0.111. The molecule has 0 radical (unpaired) electrons. The van der Waals surface area contributed by atoms with Crippen LogP contribution >= 0.6 is 11.6 Å². The Bertz CT molecular complexity index is 375. The van der Waals surface area contributed by atoms with Gasteiger partial charge in [-0.25, -0.2) is 4.79 Å².